The average Bonchev–Trinajstić information content (AvgIpc) is 2.57. The Morgan fingerprint density at radius 2 is 1.93 bits per heavy atom. The van der Waals surface area contributed by atoms with Crippen LogP contribution >= 0.6 is 0 Å². The van der Waals surface area contributed by atoms with Crippen LogP contribution in [0.2, 0.25) is 0 Å². The van der Waals surface area contributed by atoms with E-state index in [-0.39, 0.29) is 11.3 Å². The molecule has 148 valence electrons. The van der Waals surface area contributed by atoms with Gasteiger partial charge in [0.25, 0.3) is 0 Å². The zero-order chi connectivity index (χ0) is 19.1. The van der Waals surface area contributed by atoms with Crippen molar-refractivity contribution in [2.75, 3.05) is 20.2 Å². The maximum Gasteiger partial charge on any atom is 0.222 e. The molecule has 4 fully saturated rings. The first kappa shape index (κ1) is 18.8. The largest absolute Gasteiger partial charge is 0.493 e. The van der Waals surface area contributed by atoms with Gasteiger partial charge in [-0.15, -0.1) is 0 Å². The number of aryl methyl sites for hydroxylation is 1. The molecule has 0 heterocycles. The predicted molar refractivity (Wildman–Crippen MR) is 106 cm³/mol. The first-order chi connectivity index (χ1) is 12.9. The second-order valence-corrected chi connectivity index (χ2v) is 9.64. The number of hydrogen-bond donors (Lipinski definition) is 1. The molecule has 0 aromatic heterocycles. The number of carbonyl (C=O) groups is 1. The zero-order valence-corrected chi connectivity index (χ0v) is 16.7. The molecule has 1 aromatic rings. The van der Waals surface area contributed by atoms with Crippen LogP contribution in [0.4, 0.5) is 0 Å². The summed E-state index contributed by atoms with van der Waals surface area (Å²) in [6.45, 7) is 3.39. The highest BCUT2D eigenvalue weighted by molar-refractivity contribution is 5.76. The molecule has 1 amide bonds. The molecule has 0 aliphatic heterocycles. The summed E-state index contributed by atoms with van der Waals surface area (Å²) >= 11 is 0. The fourth-order valence-corrected chi connectivity index (χ4v) is 6.39. The van der Waals surface area contributed by atoms with Crippen molar-refractivity contribution in [3.8, 4) is 5.75 Å². The average molecular weight is 372 g/mol. The summed E-state index contributed by atoms with van der Waals surface area (Å²) in [7, 11) is 1.91. The van der Waals surface area contributed by atoms with Crippen molar-refractivity contribution in [2.45, 2.75) is 63.9 Å². The number of rotatable bonds is 7. The normalized spacial score (nSPS) is 33.9. The summed E-state index contributed by atoms with van der Waals surface area (Å²) in [5, 5.41) is 10.9. The van der Waals surface area contributed by atoms with E-state index < -0.39 is 5.60 Å². The van der Waals surface area contributed by atoms with Crippen LogP contribution in [-0.4, -0.2) is 41.7 Å². The monoisotopic (exact) mass is 371 g/mol. The summed E-state index contributed by atoms with van der Waals surface area (Å²) in [4.78, 5) is 14.7. The topological polar surface area (TPSA) is 49.8 Å². The van der Waals surface area contributed by atoms with Crippen LogP contribution in [0.15, 0.2) is 24.3 Å². The third kappa shape index (κ3) is 4.01. The summed E-state index contributed by atoms with van der Waals surface area (Å²) < 4.78 is 5.84. The lowest BCUT2D eigenvalue weighted by Crippen LogP contribution is -2.56. The van der Waals surface area contributed by atoms with E-state index in [9.17, 15) is 9.90 Å². The first-order valence-electron chi connectivity index (χ1n) is 10.5. The van der Waals surface area contributed by atoms with E-state index in [0.717, 1.165) is 56.4 Å². The van der Waals surface area contributed by atoms with Crippen molar-refractivity contribution >= 4 is 5.91 Å². The van der Waals surface area contributed by atoms with Crippen molar-refractivity contribution in [1.29, 1.82) is 0 Å². The van der Waals surface area contributed by atoms with Crippen LogP contribution in [0.25, 0.3) is 0 Å². The molecule has 4 heteroatoms. The Kier molecular flexibility index (Phi) is 4.96. The van der Waals surface area contributed by atoms with Gasteiger partial charge in [0.2, 0.25) is 5.91 Å². The standard InChI is InChI=1S/C23H33NO3/c1-17-6-3-4-7-20(17)27-9-5-8-24(2)21(25)15-22-11-18-10-19(12-22)14-23(26,13-18)16-22/h3-4,6-7,18-19,26H,5,8-16H2,1-2H3. The Bertz CT molecular complexity index is 687. The molecule has 1 N–H and O–H groups in total. The van der Waals surface area contributed by atoms with Gasteiger partial charge < -0.3 is 14.7 Å². The van der Waals surface area contributed by atoms with E-state index in [1.807, 2.05) is 43.1 Å². The Morgan fingerprint density at radius 1 is 1.22 bits per heavy atom. The summed E-state index contributed by atoms with van der Waals surface area (Å²) in [5.41, 5.74) is 0.716. The lowest BCUT2D eigenvalue weighted by molar-refractivity contribution is -0.171. The molecule has 2 unspecified atom stereocenters. The van der Waals surface area contributed by atoms with Crippen LogP contribution in [-0.2, 0) is 4.79 Å². The van der Waals surface area contributed by atoms with Gasteiger partial charge in [-0.05, 0) is 80.8 Å². The van der Waals surface area contributed by atoms with Crippen LogP contribution < -0.4 is 4.74 Å². The van der Waals surface area contributed by atoms with E-state index in [1.54, 1.807) is 0 Å². The third-order valence-corrected chi connectivity index (χ3v) is 7.09. The van der Waals surface area contributed by atoms with Gasteiger partial charge in [-0.2, -0.15) is 0 Å². The lowest BCUT2D eigenvalue weighted by atomic mass is 9.47. The fraction of sp³-hybridized carbons (Fsp3) is 0.696. The third-order valence-electron chi connectivity index (χ3n) is 7.09. The Labute approximate surface area is 162 Å². The minimum atomic E-state index is -0.482. The van der Waals surface area contributed by atoms with E-state index in [1.165, 1.54) is 6.42 Å². The number of para-hydroxylation sites is 1. The van der Waals surface area contributed by atoms with Gasteiger partial charge in [0, 0.05) is 20.0 Å². The number of benzene rings is 1. The molecule has 5 rings (SSSR count). The Balaban J connectivity index is 1.26. The van der Waals surface area contributed by atoms with Crippen molar-refractivity contribution in [2.24, 2.45) is 17.3 Å². The molecule has 4 nitrogen and oxygen atoms in total. The summed E-state index contributed by atoms with van der Waals surface area (Å²) in [6.07, 6.45) is 7.75. The second-order valence-electron chi connectivity index (χ2n) is 9.64. The van der Waals surface area contributed by atoms with Gasteiger partial charge in [0.05, 0.1) is 12.2 Å². The molecule has 0 radical (unpaired) electrons. The molecular formula is C23H33NO3. The highest BCUT2D eigenvalue weighted by Crippen LogP contribution is 2.62. The summed E-state index contributed by atoms with van der Waals surface area (Å²) in [6, 6.07) is 8.03. The molecule has 4 aliphatic rings. The number of nitrogens with zero attached hydrogens (tertiary/aromatic N) is 1. The van der Waals surface area contributed by atoms with Gasteiger partial charge >= 0.3 is 0 Å². The molecular weight excluding hydrogens is 338 g/mol. The van der Waals surface area contributed by atoms with Gasteiger partial charge in [-0.3, -0.25) is 4.79 Å². The van der Waals surface area contributed by atoms with Crippen molar-refractivity contribution in [3.63, 3.8) is 0 Å². The van der Waals surface area contributed by atoms with Crippen molar-refractivity contribution < 1.29 is 14.6 Å². The summed E-state index contributed by atoms with van der Waals surface area (Å²) in [5.74, 6) is 2.43. The SMILES string of the molecule is Cc1ccccc1OCCCN(C)C(=O)CC12CC3CC(CC(O)(C3)C1)C2. The smallest absolute Gasteiger partial charge is 0.222 e. The van der Waals surface area contributed by atoms with E-state index in [0.29, 0.717) is 24.9 Å². The van der Waals surface area contributed by atoms with Crippen LogP contribution in [0.3, 0.4) is 0 Å². The number of carbonyl (C=O) groups excluding carboxylic acids is 1. The fourth-order valence-electron chi connectivity index (χ4n) is 6.39. The molecule has 1 aromatic carbocycles. The number of ether oxygens (including phenoxy) is 1. The van der Waals surface area contributed by atoms with Crippen molar-refractivity contribution in [3.05, 3.63) is 29.8 Å². The second kappa shape index (κ2) is 7.12. The molecule has 0 spiro atoms. The Morgan fingerprint density at radius 3 is 2.59 bits per heavy atom. The predicted octanol–water partition coefficient (Wildman–Crippen LogP) is 3.94. The Hall–Kier alpha value is -1.55. The minimum Gasteiger partial charge on any atom is -0.493 e. The van der Waals surface area contributed by atoms with Crippen LogP contribution in [0, 0.1) is 24.2 Å². The zero-order valence-electron chi connectivity index (χ0n) is 16.7. The van der Waals surface area contributed by atoms with Crippen LogP contribution in [0.5, 0.6) is 5.75 Å². The molecule has 0 saturated heterocycles. The lowest BCUT2D eigenvalue weighted by Gasteiger charge is -2.60. The molecule has 4 aliphatic carbocycles. The highest BCUT2D eigenvalue weighted by Gasteiger charge is 2.57. The molecule has 4 saturated carbocycles. The number of hydrogen-bond acceptors (Lipinski definition) is 3. The van der Waals surface area contributed by atoms with Gasteiger partial charge in [0.15, 0.2) is 0 Å². The molecule has 2 atom stereocenters. The van der Waals surface area contributed by atoms with Crippen molar-refractivity contribution in [1.82, 2.24) is 4.90 Å². The van der Waals surface area contributed by atoms with E-state index >= 15 is 0 Å². The van der Waals surface area contributed by atoms with Gasteiger partial charge in [-0.1, -0.05) is 18.2 Å². The van der Waals surface area contributed by atoms with E-state index in [2.05, 4.69) is 0 Å². The maximum atomic E-state index is 12.9. The first-order valence-corrected chi connectivity index (χ1v) is 10.5. The van der Waals surface area contributed by atoms with Crippen LogP contribution in [0.1, 0.15) is 56.9 Å². The quantitative estimate of drug-likeness (QED) is 0.739. The van der Waals surface area contributed by atoms with Gasteiger partial charge in [-0.25, -0.2) is 0 Å². The molecule has 4 bridgehead atoms. The minimum absolute atomic E-state index is 0.0574. The van der Waals surface area contributed by atoms with Gasteiger partial charge in [0.1, 0.15) is 5.75 Å². The van der Waals surface area contributed by atoms with E-state index in [4.69, 9.17) is 4.74 Å². The molecule has 27 heavy (non-hydrogen) atoms. The maximum absolute atomic E-state index is 12.9. The highest BCUT2D eigenvalue weighted by atomic mass is 16.5. The number of aliphatic hydroxyl groups is 1. The number of amides is 1.